The monoisotopic (exact) mass is 427 g/mol. The van der Waals surface area contributed by atoms with Gasteiger partial charge in [-0.3, -0.25) is 0 Å². The van der Waals surface area contributed by atoms with Crippen LogP contribution in [-0.2, 0) is 5.54 Å². The topological polar surface area (TPSA) is 62.2 Å². The highest BCUT2D eigenvalue weighted by Gasteiger charge is 2.47. The molecule has 1 aromatic carbocycles. The summed E-state index contributed by atoms with van der Waals surface area (Å²) in [4.78, 5) is 15.6. The van der Waals surface area contributed by atoms with Gasteiger partial charge >= 0.3 is 6.03 Å². The maximum Gasteiger partial charge on any atom is 0.315 e. The number of amides is 2. The van der Waals surface area contributed by atoms with Crippen LogP contribution in [0, 0.1) is 11.7 Å². The molecule has 2 aromatic rings. The molecule has 0 saturated carbocycles. The number of hydrogen-bond donors (Lipinski definition) is 2. The zero-order valence-electron chi connectivity index (χ0n) is 18.8. The van der Waals surface area contributed by atoms with E-state index in [0.29, 0.717) is 5.92 Å². The van der Waals surface area contributed by atoms with E-state index < -0.39 is 5.54 Å². The number of nitrogens with one attached hydrogen (secondary N) is 2. The fourth-order valence-corrected chi connectivity index (χ4v) is 5.15. The van der Waals surface area contributed by atoms with Gasteiger partial charge in [0.05, 0.1) is 23.0 Å². The summed E-state index contributed by atoms with van der Waals surface area (Å²) in [6.07, 6.45) is 9.25. The number of halogens is 1. The van der Waals surface area contributed by atoms with Crippen LogP contribution in [0.25, 0.3) is 5.69 Å². The zero-order valence-corrected chi connectivity index (χ0v) is 18.8. The fraction of sp³-hybridized carbons (Fsp3) is 0.583. The first-order chi connectivity index (χ1) is 14.8. The summed E-state index contributed by atoms with van der Waals surface area (Å²) in [5.74, 6) is 0.277. The summed E-state index contributed by atoms with van der Waals surface area (Å²) in [6.45, 7) is 9.42. The number of carbonyl (C=O) groups excluding carboxylic acids is 1. The standard InChI is InChI=1S/C24H34FN5O/c1-4-5-12-24(17-29-13-10-18(24)11-14-29)28-22(31)27-23(2,3)19-15-26-30(16-19)21-8-6-20(25)7-9-21/h6-9,15-16,18H,4-5,10-14,17H2,1-3H3,(H2,27,28,31). The predicted octanol–water partition coefficient (Wildman–Crippen LogP) is 4.20. The maximum absolute atomic E-state index is 13.2. The number of carbonyl (C=O) groups is 1. The molecule has 6 nitrogen and oxygen atoms in total. The second-order valence-corrected chi connectivity index (χ2v) is 9.66. The Kier molecular flexibility index (Phi) is 6.06. The Labute approximate surface area is 184 Å². The normalized spacial score (nSPS) is 25.4. The van der Waals surface area contributed by atoms with Crippen molar-refractivity contribution in [1.82, 2.24) is 25.3 Å². The van der Waals surface area contributed by atoms with E-state index in [4.69, 9.17) is 0 Å². The van der Waals surface area contributed by atoms with Gasteiger partial charge in [-0.25, -0.2) is 13.9 Å². The van der Waals surface area contributed by atoms with Crippen molar-refractivity contribution in [2.24, 2.45) is 5.92 Å². The van der Waals surface area contributed by atoms with Crippen molar-refractivity contribution >= 4 is 6.03 Å². The zero-order chi connectivity index (χ0) is 22.1. The molecule has 7 heteroatoms. The van der Waals surface area contributed by atoms with Gasteiger partial charge < -0.3 is 15.5 Å². The molecule has 2 bridgehead atoms. The van der Waals surface area contributed by atoms with Crippen molar-refractivity contribution in [2.45, 2.75) is 64.0 Å². The van der Waals surface area contributed by atoms with E-state index in [1.807, 2.05) is 20.0 Å². The largest absolute Gasteiger partial charge is 0.331 e. The van der Waals surface area contributed by atoms with Crippen molar-refractivity contribution in [2.75, 3.05) is 19.6 Å². The molecule has 0 aliphatic carbocycles. The second-order valence-electron chi connectivity index (χ2n) is 9.66. The molecule has 1 atom stereocenters. The first-order valence-corrected chi connectivity index (χ1v) is 11.4. The van der Waals surface area contributed by atoms with E-state index >= 15 is 0 Å². The summed E-state index contributed by atoms with van der Waals surface area (Å²) in [5, 5.41) is 11.0. The SMILES string of the molecule is CCCCC1(NC(=O)NC(C)(C)c2cnn(-c3ccc(F)cc3)c2)CN2CCC1CC2. The van der Waals surface area contributed by atoms with Crippen LogP contribution >= 0.6 is 0 Å². The molecule has 4 heterocycles. The lowest BCUT2D eigenvalue weighted by Crippen LogP contribution is -2.68. The number of hydrogen-bond acceptors (Lipinski definition) is 3. The van der Waals surface area contributed by atoms with Gasteiger partial charge in [0.15, 0.2) is 0 Å². The predicted molar refractivity (Wildman–Crippen MR) is 120 cm³/mol. The molecule has 31 heavy (non-hydrogen) atoms. The van der Waals surface area contributed by atoms with Gasteiger partial charge in [-0.15, -0.1) is 0 Å². The lowest BCUT2D eigenvalue weighted by molar-refractivity contribution is 0.00610. The third-order valence-corrected chi connectivity index (χ3v) is 7.04. The molecule has 0 spiro atoms. The van der Waals surface area contributed by atoms with Crippen LogP contribution in [-0.4, -0.2) is 45.9 Å². The van der Waals surface area contributed by atoms with Crippen LogP contribution < -0.4 is 10.6 Å². The number of fused-ring (bicyclic) bond motifs is 3. The molecule has 1 unspecified atom stereocenters. The molecule has 2 amide bonds. The highest BCUT2D eigenvalue weighted by Crippen LogP contribution is 2.39. The minimum absolute atomic E-state index is 0.121. The molecular weight excluding hydrogens is 393 g/mol. The van der Waals surface area contributed by atoms with Crippen LogP contribution in [0.15, 0.2) is 36.7 Å². The van der Waals surface area contributed by atoms with Gasteiger partial charge in [0.25, 0.3) is 0 Å². The van der Waals surface area contributed by atoms with Crippen LogP contribution in [0.2, 0.25) is 0 Å². The van der Waals surface area contributed by atoms with Crippen molar-refractivity contribution in [3.8, 4) is 5.69 Å². The molecular formula is C24H34FN5O. The Morgan fingerprint density at radius 3 is 2.58 bits per heavy atom. The van der Waals surface area contributed by atoms with Crippen LogP contribution in [0.1, 0.15) is 58.4 Å². The molecule has 3 fully saturated rings. The molecule has 168 valence electrons. The van der Waals surface area contributed by atoms with Crippen molar-refractivity contribution in [3.05, 3.63) is 48.0 Å². The smallest absolute Gasteiger partial charge is 0.315 e. The Bertz CT molecular complexity index is 901. The first kappa shape index (κ1) is 21.8. The van der Waals surface area contributed by atoms with E-state index in [0.717, 1.165) is 63.0 Å². The van der Waals surface area contributed by atoms with Gasteiger partial charge in [-0.1, -0.05) is 19.8 Å². The van der Waals surface area contributed by atoms with Crippen molar-refractivity contribution < 1.29 is 9.18 Å². The minimum Gasteiger partial charge on any atom is -0.331 e. The third-order valence-electron chi connectivity index (χ3n) is 7.04. The van der Waals surface area contributed by atoms with Gasteiger partial charge in [-0.2, -0.15) is 5.10 Å². The van der Waals surface area contributed by atoms with E-state index in [2.05, 4.69) is 27.6 Å². The molecule has 5 rings (SSSR count). The molecule has 1 aromatic heterocycles. The average molecular weight is 428 g/mol. The molecule has 3 saturated heterocycles. The molecule has 3 aliphatic heterocycles. The summed E-state index contributed by atoms with van der Waals surface area (Å²) < 4.78 is 14.9. The highest BCUT2D eigenvalue weighted by atomic mass is 19.1. The molecule has 0 radical (unpaired) electrons. The second kappa shape index (κ2) is 8.61. The number of nitrogens with zero attached hydrogens (tertiary/aromatic N) is 3. The summed E-state index contributed by atoms with van der Waals surface area (Å²) in [7, 11) is 0. The van der Waals surface area contributed by atoms with Crippen LogP contribution in [0.4, 0.5) is 9.18 Å². The van der Waals surface area contributed by atoms with E-state index in [9.17, 15) is 9.18 Å². The first-order valence-electron chi connectivity index (χ1n) is 11.4. The summed E-state index contributed by atoms with van der Waals surface area (Å²) >= 11 is 0. The Morgan fingerprint density at radius 2 is 1.97 bits per heavy atom. The van der Waals surface area contributed by atoms with E-state index in [1.54, 1.807) is 23.0 Å². The number of piperidine rings is 3. The summed E-state index contributed by atoms with van der Waals surface area (Å²) in [6, 6.07) is 6.08. The number of benzene rings is 1. The Hall–Kier alpha value is -2.41. The molecule has 3 aliphatic rings. The van der Waals surface area contributed by atoms with E-state index in [1.165, 1.54) is 12.1 Å². The van der Waals surface area contributed by atoms with Crippen LogP contribution in [0.5, 0.6) is 0 Å². The fourth-order valence-electron chi connectivity index (χ4n) is 5.15. The van der Waals surface area contributed by atoms with Crippen molar-refractivity contribution in [3.63, 3.8) is 0 Å². The summed E-state index contributed by atoms with van der Waals surface area (Å²) in [5.41, 5.74) is 0.940. The van der Waals surface area contributed by atoms with Gasteiger partial charge in [0, 0.05) is 18.3 Å². The number of rotatable bonds is 7. The quantitative estimate of drug-likeness (QED) is 0.696. The Balaban J connectivity index is 1.46. The van der Waals surface area contributed by atoms with Gasteiger partial charge in [0.2, 0.25) is 0 Å². The third kappa shape index (κ3) is 4.61. The van der Waals surface area contributed by atoms with Gasteiger partial charge in [-0.05, 0) is 76.4 Å². The maximum atomic E-state index is 13.2. The lowest BCUT2D eigenvalue weighted by atomic mass is 9.70. The number of unbranched alkanes of at least 4 members (excludes halogenated alkanes) is 1. The van der Waals surface area contributed by atoms with E-state index in [-0.39, 0.29) is 17.4 Å². The Morgan fingerprint density at radius 1 is 1.26 bits per heavy atom. The number of aromatic nitrogens is 2. The average Bonchev–Trinajstić information content (AvgIpc) is 3.24. The lowest BCUT2D eigenvalue weighted by Gasteiger charge is -2.54. The van der Waals surface area contributed by atoms with Crippen LogP contribution in [0.3, 0.4) is 0 Å². The minimum atomic E-state index is -0.595. The van der Waals surface area contributed by atoms with Gasteiger partial charge in [0.1, 0.15) is 5.82 Å². The van der Waals surface area contributed by atoms with Crippen molar-refractivity contribution in [1.29, 1.82) is 0 Å². The highest BCUT2D eigenvalue weighted by molar-refractivity contribution is 5.76. The number of urea groups is 1. The molecule has 2 N–H and O–H groups in total.